The Labute approximate surface area is 163 Å². The van der Waals surface area contributed by atoms with Gasteiger partial charge >= 0.3 is 0 Å². The molecule has 0 atom stereocenters. The van der Waals surface area contributed by atoms with Crippen LogP contribution in [0.3, 0.4) is 0 Å². The van der Waals surface area contributed by atoms with Crippen LogP contribution in [0, 0.1) is 0 Å². The summed E-state index contributed by atoms with van der Waals surface area (Å²) < 4.78 is 5.10. The molecular weight excluding hydrogens is 376 g/mol. The van der Waals surface area contributed by atoms with Gasteiger partial charge in [0.2, 0.25) is 0 Å². The highest BCUT2D eigenvalue weighted by molar-refractivity contribution is 7.20. The molecule has 3 N–H and O–H groups in total. The molecule has 3 aromatic heterocycles. The molecule has 2 amide bonds. The summed E-state index contributed by atoms with van der Waals surface area (Å²) in [6.07, 6.45) is 3.29. The van der Waals surface area contributed by atoms with Gasteiger partial charge in [-0.05, 0) is 36.6 Å². The number of H-pyrrole nitrogens is 1. The Morgan fingerprint density at radius 1 is 1.11 bits per heavy atom. The molecular formula is C20H16N4O3S. The Morgan fingerprint density at radius 2 is 1.93 bits per heavy atom. The van der Waals surface area contributed by atoms with E-state index in [1.165, 1.54) is 17.6 Å². The first-order chi connectivity index (χ1) is 13.6. The number of carbonyl (C=O) groups excluding carboxylic acids is 2. The van der Waals surface area contributed by atoms with Gasteiger partial charge in [-0.15, -0.1) is 11.3 Å². The van der Waals surface area contributed by atoms with E-state index in [0.29, 0.717) is 20.9 Å². The molecule has 0 unspecified atom stereocenters. The van der Waals surface area contributed by atoms with Gasteiger partial charge in [0.15, 0.2) is 5.76 Å². The van der Waals surface area contributed by atoms with Gasteiger partial charge < -0.3 is 15.1 Å². The van der Waals surface area contributed by atoms with Crippen molar-refractivity contribution in [2.24, 2.45) is 0 Å². The smallest absolute Gasteiger partial charge is 0.292 e. The number of rotatable bonds is 5. The highest BCUT2D eigenvalue weighted by Gasteiger charge is 2.45. The van der Waals surface area contributed by atoms with Crippen molar-refractivity contribution in [1.29, 1.82) is 0 Å². The molecule has 0 saturated heterocycles. The van der Waals surface area contributed by atoms with Crippen molar-refractivity contribution < 1.29 is 14.0 Å². The van der Waals surface area contributed by atoms with Gasteiger partial charge in [0.05, 0.1) is 22.1 Å². The van der Waals surface area contributed by atoms with E-state index < -0.39 is 0 Å². The Kier molecular flexibility index (Phi) is 3.80. The van der Waals surface area contributed by atoms with E-state index in [2.05, 4.69) is 20.8 Å². The number of hydrogen-bond acceptors (Lipinski definition) is 5. The quantitative estimate of drug-likeness (QED) is 0.480. The van der Waals surface area contributed by atoms with Crippen LogP contribution >= 0.6 is 11.3 Å². The molecule has 0 spiro atoms. The minimum Gasteiger partial charge on any atom is -0.459 e. The molecule has 140 valence electrons. The first kappa shape index (κ1) is 16.8. The van der Waals surface area contributed by atoms with E-state index in [1.807, 2.05) is 30.3 Å². The summed E-state index contributed by atoms with van der Waals surface area (Å²) in [4.78, 5) is 26.2. The molecule has 7 nitrogen and oxygen atoms in total. The fraction of sp³-hybridized carbons (Fsp3) is 0.150. The summed E-state index contributed by atoms with van der Waals surface area (Å²) in [6, 6.07) is 15.0. The number of benzene rings is 1. The summed E-state index contributed by atoms with van der Waals surface area (Å²) in [5.41, 5.74) is 0.846. The predicted molar refractivity (Wildman–Crippen MR) is 105 cm³/mol. The number of nitrogens with one attached hydrogen (secondary N) is 3. The molecule has 3 heterocycles. The third-order valence-corrected chi connectivity index (χ3v) is 5.92. The predicted octanol–water partition coefficient (Wildman–Crippen LogP) is 3.89. The average Bonchev–Trinajstić information content (AvgIpc) is 3.10. The van der Waals surface area contributed by atoms with Crippen molar-refractivity contribution in [2.75, 3.05) is 5.32 Å². The lowest BCUT2D eigenvalue weighted by molar-refractivity contribution is 0.0934. The van der Waals surface area contributed by atoms with Crippen LogP contribution in [0.15, 0.2) is 59.2 Å². The van der Waals surface area contributed by atoms with Crippen molar-refractivity contribution in [3.8, 4) is 0 Å². The number of nitrogens with zero attached hydrogens (tertiary/aromatic N) is 1. The van der Waals surface area contributed by atoms with E-state index in [4.69, 9.17) is 4.42 Å². The van der Waals surface area contributed by atoms with Crippen molar-refractivity contribution in [3.05, 3.63) is 71.0 Å². The second kappa shape index (κ2) is 6.35. The van der Waals surface area contributed by atoms with Gasteiger partial charge in [-0.1, -0.05) is 30.3 Å². The number of thiophene rings is 1. The third-order valence-electron chi connectivity index (χ3n) is 4.89. The number of amides is 2. The molecule has 1 aliphatic carbocycles. The lowest BCUT2D eigenvalue weighted by Crippen LogP contribution is -2.34. The lowest BCUT2D eigenvalue weighted by atomic mass is 10.1. The van der Waals surface area contributed by atoms with Crippen LogP contribution in [0.4, 0.5) is 5.82 Å². The second-order valence-electron chi connectivity index (χ2n) is 6.76. The zero-order chi connectivity index (χ0) is 19.1. The minimum absolute atomic E-state index is 0.132. The molecule has 28 heavy (non-hydrogen) atoms. The van der Waals surface area contributed by atoms with Crippen LogP contribution in [0.1, 0.15) is 38.6 Å². The standard InChI is InChI=1S/C20H16N4O3S/c25-17(14-7-4-10-27-14)21-16-13-11-15(28-19(13)24-23-16)18(26)22-20(8-9-20)12-5-2-1-3-6-12/h1-7,10-11H,8-9H2,(H,22,26)(H2,21,23,24,25). The summed E-state index contributed by atoms with van der Waals surface area (Å²) in [5, 5.41) is 13.6. The van der Waals surface area contributed by atoms with Crippen LogP contribution in [0.2, 0.25) is 0 Å². The average molecular weight is 392 g/mol. The molecule has 5 rings (SSSR count). The van der Waals surface area contributed by atoms with Crippen molar-refractivity contribution in [1.82, 2.24) is 15.5 Å². The lowest BCUT2D eigenvalue weighted by Gasteiger charge is -2.17. The number of aromatic amines is 1. The minimum atomic E-state index is -0.381. The van der Waals surface area contributed by atoms with E-state index >= 15 is 0 Å². The van der Waals surface area contributed by atoms with Crippen molar-refractivity contribution in [3.63, 3.8) is 0 Å². The summed E-state index contributed by atoms with van der Waals surface area (Å²) in [5.74, 6) is 0.131. The van der Waals surface area contributed by atoms with Gasteiger partial charge in [0, 0.05) is 0 Å². The summed E-state index contributed by atoms with van der Waals surface area (Å²) in [7, 11) is 0. The van der Waals surface area contributed by atoms with Crippen LogP contribution in [0.25, 0.3) is 10.2 Å². The van der Waals surface area contributed by atoms with Gasteiger partial charge in [-0.25, -0.2) is 0 Å². The van der Waals surface area contributed by atoms with Gasteiger partial charge in [0.25, 0.3) is 11.8 Å². The second-order valence-corrected chi connectivity index (χ2v) is 7.79. The maximum absolute atomic E-state index is 12.8. The number of hydrogen-bond donors (Lipinski definition) is 3. The van der Waals surface area contributed by atoms with Gasteiger partial charge in [-0.3, -0.25) is 14.7 Å². The van der Waals surface area contributed by atoms with Crippen LogP contribution < -0.4 is 10.6 Å². The van der Waals surface area contributed by atoms with Crippen LogP contribution in [-0.4, -0.2) is 22.0 Å². The zero-order valence-corrected chi connectivity index (χ0v) is 15.5. The largest absolute Gasteiger partial charge is 0.459 e. The summed E-state index contributed by atoms with van der Waals surface area (Å²) >= 11 is 1.29. The van der Waals surface area contributed by atoms with E-state index in [-0.39, 0.29) is 23.1 Å². The molecule has 8 heteroatoms. The molecule has 4 aromatic rings. The first-order valence-corrected chi connectivity index (χ1v) is 9.67. The van der Waals surface area contributed by atoms with E-state index in [0.717, 1.165) is 18.4 Å². The number of anilines is 1. The SMILES string of the molecule is O=C(Nc1[nH]nc2sc(C(=O)NC3(c4ccccc4)CC3)cc12)c1ccco1. The monoisotopic (exact) mass is 392 g/mol. The van der Waals surface area contributed by atoms with Crippen LogP contribution in [0.5, 0.6) is 0 Å². The molecule has 0 bridgehead atoms. The topological polar surface area (TPSA) is 100 Å². The molecule has 0 aliphatic heterocycles. The Morgan fingerprint density at radius 3 is 2.64 bits per heavy atom. The Bertz CT molecular complexity index is 1160. The normalized spacial score (nSPS) is 14.7. The van der Waals surface area contributed by atoms with Crippen molar-refractivity contribution in [2.45, 2.75) is 18.4 Å². The number of fused-ring (bicyclic) bond motifs is 1. The number of carbonyl (C=O) groups is 2. The molecule has 1 fully saturated rings. The summed E-state index contributed by atoms with van der Waals surface area (Å²) in [6.45, 7) is 0. The highest BCUT2D eigenvalue weighted by Crippen LogP contribution is 2.45. The first-order valence-electron chi connectivity index (χ1n) is 8.85. The zero-order valence-electron chi connectivity index (χ0n) is 14.7. The fourth-order valence-corrected chi connectivity index (χ4v) is 4.14. The number of furan rings is 1. The molecule has 0 radical (unpaired) electrons. The molecule has 1 saturated carbocycles. The van der Waals surface area contributed by atoms with Gasteiger partial charge in [0.1, 0.15) is 10.6 Å². The molecule has 1 aromatic carbocycles. The number of aromatic nitrogens is 2. The molecule has 1 aliphatic rings. The van der Waals surface area contributed by atoms with Gasteiger partial charge in [-0.2, -0.15) is 5.10 Å². The maximum Gasteiger partial charge on any atom is 0.292 e. The fourth-order valence-electron chi connectivity index (χ4n) is 3.25. The van der Waals surface area contributed by atoms with Crippen molar-refractivity contribution >= 4 is 39.2 Å². The van der Waals surface area contributed by atoms with E-state index in [1.54, 1.807) is 18.2 Å². The Hall–Kier alpha value is -3.39. The third kappa shape index (κ3) is 2.87. The highest BCUT2D eigenvalue weighted by atomic mass is 32.1. The van der Waals surface area contributed by atoms with E-state index in [9.17, 15) is 9.59 Å². The Balaban J connectivity index is 1.36. The maximum atomic E-state index is 12.8. The van der Waals surface area contributed by atoms with Crippen LogP contribution in [-0.2, 0) is 5.54 Å².